The van der Waals surface area contributed by atoms with Crippen molar-refractivity contribution in [3.63, 3.8) is 0 Å². The Morgan fingerprint density at radius 2 is 2.27 bits per heavy atom. The fraction of sp³-hybridized carbons (Fsp3) is 0.353. The molecule has 1 amide bonds. The number of benzene rings is 1. The minimum atomic E-state index is -0.296. The number of hydrogen-bond donors (Lipinski definition) is 1. The van der Waals surface area contributed by atoms with Crippen molar-refractivity contribution < 1.29 is 14.4 Å². The van der Waals surface area contributed by atoms with Crippen LogP contribution in [-0.4, -0.2) is 42.7 Å². The second kappa shape index (κ2) is 6.25. The van der Waals surface area contributed by atoms with Gasteiger partial charge < -0.3 is 14.5 Å². The molecule has 0 bridgehead atoms. The third-order valence-corrected chi connectivity index (χ3v) is 4.51. The van der Waals surface area contributed by atoms with Crippen LogP contribution in [0.1, 0.15) is 47.0 Å². The average molecular weight is 354 g/mol. The van der Waals surface area contributed by atoms with Crippen molar-refractivity contribution in [2.24, 2.45) is 0 Å². The van der Waals surface area contributed by atoms with Crippen LogP contribution in [-0.2, 0) is 6.54 Å². The van der Waals surface area contributed by atoms with Crippen molar-refractivity contribution >= 4 is 11.6 Å². The Morgan fingerprint density at radius 1 is 1.42 bits per heavy atom. The molecule has 9 nitrogen and oxygen atoms in total. The maximum absolute atomic E-state index is 12.9. The molecule has 4 rings (SSSR count). The van der Waals surface area contributed by atoms with Crippen molar-refractivity contribution in [2.75, 3.05) is 11.4 Å². The van der Waals surface area contributed by atoms with Gasteiger partial charge in [-0.1, -0.05) is 29.4 Å². The molecule has 0 spiro atoms. The lowest BCUT2D eigenvalue weighted by molar-refractivity contribution is 0.0978. The molecule has 3 aromatic rings. The van der Waals surface area contributed by atoms with Crippen molar-refractivity contribution in [2.45, 2.75) is 32.7 Å². The first-order valence-corrected chi connectivity index (χ1v) is 8.36. The number of rotatable bonds is 3. The quantitative estimate of drug-likeness (QED) is 0.764. The third kappa shape index (κ3) is 2.81. The van der Waals surface area contributed by atoms with E-state index in [1.165, 1.54) is 4.68 Å². The first kappa shape index (κ1) is 16.2. The number of fused-ring (bicyclic) bond motifs is 1. The summed E-state index contributed by atoms with van der Waals surface area (Å²) in [6.07, 6.45) is 2.37. The van der Waals surface area contributed by atoms with Crippen LogP contribution in [0, 0.1) is 6.92 Å². The van der Waals surface area contributed by atoms with Crippen LogP contribution in [0.3, 0.4) is 0 Å². The van der Waals surface area contributed by atoms with E-state index in [2.05, 4.69) is 27.4 Å². The zero-order valence-electron chi connectivity index (χ0n) is 14.5. The van der Waals surface area contributed by atoms with Crippen LogP contribution in [0.5, 0.6) is 5.75 Å². The van der Waals surface area contributed by atoms with Gasteiger partial charge in [-0.15, -0.1) is 5.10 Å². The number of aromatic nitrogens is 5. The number of amides is 1. The molecule has 2 aromatic heterocycles. The Hall–Kier alpha value is -3.23. The minimum absolute atomic E-state index is 0.0945. The highest BCUT2D eigenvalue weighted by atomic mass is 16.5. The normalized spacial score (nSPS) is 16.5. The van der Waals surface area contributed by atoms with E-state index in [1.54, 1.807) is 30.2 Å². The topological polar surface area (TPSA) is 110 Å². The second-order valence-electron chi connectivity index (χ2n) is 6.39. The molecule has 0 radical (unpaired) electrons. The Labute approximate surface area is 149 Å². The van der Waals surface area contributed by atoms with E-state index >= 15 is 0 Å². The van der Waals surface area contributed by atoms with Gasteiger partial charge in [-0.2, -0.15) is 4.98 Å². The highest BCUT2D eigenvalue weighted by Gasteiger charge is 2.30. The molecule has 0 fully saturated rings. The maximum atomic E-state index is 12.9. The maximum Gasteiger partial charge on any atom is 0.280 e. The summed E-state index contributed by atoms with van der Waals surface area (Å²) >= 11 is 0. The van der Waals surface area contributed by atoms with Crippen LogP contribution in [0.2, 0.25) is 0 Å². The van der Waals surface area contributed by atoms with E-state index in [-0.39, 0.29) is 29.8 Å². The van der Waals surface area contributed by atoms with Gasteiger partial charge in [0.1, 0.15) is 12.3 Å². The standard InChI is InChI=1S/C17H18N6O3/c1-10-6-7-23(16-12(10)4-3-5-14(16)24)17(25)13-8-22(21-19-13)9-15-18-11(2)26-20-15/h3-5,8,10,24H,6-7,9H2,1-2H3. The SMILES string of the molecule is Cc1nc(Cn2cc(C(=O)N3CCC(C)c4cccc(O)c43)nn2)no1. The number of phenolic OH excluding ortho intramolecular Hbond substituents is 1. The van der Waals surface area contributed by atoms with Gasteiger partial charge in [0.05, 0.1) is 11.9 Å². The molecule has 26 heavy (non-hydrogen) atoms. The van der Waals surface area contributed by atoms with E-state index < -0.39 is 0 Å². The van der Waals surface area contributed by atoms with Gasteiger partial charge in [0.2, 0.25) is 5.89 Å². The number of phenols is 1. The predicted octanol–water partition coefficient (Wildman–Crippen LogP) is 1.88. The van der Waals surface area contributed by atoms with Crippen molar-refractivity contribution in [3.05, 3.63) is 47.4 Å². The molecule has 1 unspecified atom stereocenters. The molecule has 9 heteroatoms. The van der Waals surface area contributed by atoms with Gasteiger partial charge in [-0.05, 0) is 24.0 Å². The zero-order chi connectivity index (χ0) is 18.3. The van der Waals surface area contributed by atoms with Gasteiger partial charge in [-0.3, -0.25) is 4.79 Å². The molecule has 1 N–H and O–H groups in total. The molecule has 0 saturated carbocycles. The third-order valence-electron chi connectivity index (χ3n) is 4.51. The van der Waals surface area contributed by atoms with E-state index in [0.717, 1.165) is 12.0 Å². The molecule has 0 aliphatic carbocycles. The fourth-order valence-corrected chi connectivity index (χ4v) is 3.20. The van der Waals surface area contributed by atoms with Gasteiger partial charge in [0, 0.05) is 13.5 Å². The Balaban J connectivity index is 1.60. The Bertz CT molecular complexity index is 963. The summed E-state index contributed by atoms with van der Waals surface area (Å²) in [5, 5.41) is 22.0. The van der Waals surface area contributed by atoms with Gasteiger partial charge >= 0.3 is 0 Å². The van der Waals surface area contributed by atoms with Crippen LogP contribution >= 0.6 is 0 Å². The first-order chi connectivity index (χ1) is 12.5. The lowest BCUT2D eigenvalue weighted by Crippen LogP contribution is -2.36. The van der Waals surface area contributed by atoms with Crippen molar-refractivity contribution in [1.29, 1.82) is 0 Å². The summed E-state index contributed by atoms with van der Waals surface area (Å²) in [5.74, 6) is 0.998. The highest BCUT2D eigenvalue weighted by Crippen LogP contribution is 2.41. The van der Waals surface area contributed by atoms with Crippen LogP contribution in [0.4, 0.5) is 5.69 Å². The van der Waals surface area contributed by atoms with Crippen LogP contribution in [0.25, 0.3) is 0 Å². The van der Waals surface area contributed by atoms with E-state index in [0.29, 0.717) is 23.9 Å². The number of nitrogens with zero attached hydrogens (tertiary/aromatic N) is 6. The largest absolute Gasteiger partial charge is 0.506 e. The van der Waals surface area contributed by atoms with Crippen molar-refractivity contribution in [3.8, 4) is 5.75 Å². The van der Waals surface area contributed by atoms with Gasteiger partial charge in [0.15, 0.2) is 11.5 Å². The molecule has 134 valence electrons. The minimum Gasteiger partial charge on any atom is -0.506 e. The first-order valence-electron chi connectivity index (χ1n) is 8.36. The fourth-order valence-electron chi connectivity index (χ4n) is 3.20. The molecule has 1 aliphatic heterocycles. The summed E-state index contributed by atoms with van der Waals surface area (Å²) in [5.41, 5.74) is 1.72. The number of carbonyl (C=O) groups is 1. The molecular weight excluding hydrogens is 336 g/mol. The van der Waals surface area contributed by atoms with E-state index in [4.69, 9.17) is 4.52 Å². The molecular formula is C17H18N6O3. The molecule has 3 heterocycles. The summed E-state index contributed by atoms with van der Waals surface area (Å²) in [4.78, 5) is 18.6. The highest BCUT2D eigenvalue weighted by molar-refractivity contribution is 6.06. The molecule has 1 atom stereocenters. The summed E-state index contributed by atoms with van der Waals surface area (Å²) in [7, 11) is 0. The second-order valence-corrected chi connectivity index (χ2v) is 6.39. The molecule has 0 saturated heterocycles. The summed E-state index contributed by atoms with van der Waals surface area (Å²) in [6, 6.07) is 5.32. The number of carbonyl (C=O) groups excluding carboxylic acids is 1. The lowest BCUT2D eigenvalue weighted by Gasteiger charge is -2.32. The molecule has 1 aromatic carbocycles. The summed E-state index contributed by atoms with van der Waals surface area (Å²) < 4.78 is 6.40. The monoisotopic (exact) mass is 354 g/mol. The number of aryl methyl sites for hydroxylation is 1. The number of hydrogen-bond acceptors (Lipinski definition) is 7. The smallest absolute Gasteiger partial charge is 0.280 e. The van der Waals surface area contributed by atoms with E-state index in [1.807, 2.05) is 6.07 Å². The summed E-state index contributed by atoms with van der Waals surface area (Å²) in [6.45, 7) is 4.56. The van der Waals surface area contributed by atoms with Gasteiger partial charge in [0.25, 0.3) is 5.91 Å². The van der Waals surface area contributed by atoms with Crippen LogP contribution in [0.15, 0.2) is 28.9 Å². The van der Waals surface area contributed by atoms with E-state index in [9.17, 15) is 9.90 Å². The average Bonchev–Trinajstić information content (AvgIpc) is 3.25. The Morgan fingerprint density at radius 3 is 3.04 bits per heavy atom. The van der Waals surface area contributed by atoms with Gasteiger partial charge in [-0.25, -0.2) is 4.68 Å². The van der Waals surface area contributed by atoms with Crippen molar-refractivity contribution in [1.82, 2.24) is 25.1 Å². The zero-order valence-corrected chi connectivity index (χ0v) is 14.5. The number of anilines is 1. The van der Waals surface area contributed by atoms with Crippen LogP contribution < -0.4 is 4.90 Å². The number of aromatic hydroxyl groups is 1. The number of para-hydroxylation sites is 1. The lowest BCUT2D eigenvalue weighted by atomic mass is 9.91. The Kier molecular flexibility index (Phi) is 3.90. The molecule has 1 aliphatic rings. The predicted molar refractivity (Wildman–Crippen MR) is 91.0 cm³/mol.